The van der Waals surface area contributed by atoms with Gasteiger partial charge in [-0.05, 0) is 34.1 Å². The molecule has 0 aliphatic heterocycles. The maximum Gasteiger partial charge on any atom is 0.256 e. The Morgan fingerprint density at radius 1 is 1.35 bits per heavy atom. The van der Waals surface area contributed by atoms with Crippen molar-refractivity contribution < 1.29 is 9.18 Å². The molecule has 1 aromatic carbocycles. The average molecular weight is 296 g/mol. The quantitative estimate of drug-likeness (QED) is 0.927. The van der Waals surface area contributed by atoms with Gasteiger partial charge in [0.05, 0.1) is 10.7 Å². The van der Waals surface area contributed by atoms with Gasteiger partial charge in [0.15, 0.2) is 5.82 Å². The Bertz CT molecular complexity index is 548. The molecule has 0 saturated heterocycles. The van der Waals surface area contributed by atoms with Crippen molar-refractivity contribution in [2.75, 3.05) is 5.32 Å². The molecule has 86 valence electrons. The molecule has 0 aliphatic rings. The van der Waals surface area contributed by atoms with Crippen molar-refractivity contribution in [1.29, 1.82) is 0 Å². The summed E-state index contributed by atoms with van der Waals surface area (Å²) < 4.78 is 13.2. The largest absolute Gasteiger partial charge is 0.305 e. The van der Waals surface area contributed by atoms with Crippen molar-refractivity contribution in [3.8, 4) is 0 Å². The average Bonchev–Trinajstić information content (AvgIpc) is 2.34. The number of halogens is 2. The molecule has 0 fully saturated rings. The van der Waals surface area contributed by atoms with Gasteiger partial charge < -0.3 is 5.32 Å². The van der Waals surface area contributed by atoms with Gasteiger partial charge in [-0.3, -0.25) is 9.78 Å². The molecule has 4 nitrogen and oxygen atoms in total. The summed E-state index contributed by atoms with van der Waals surface area (Å²) in [5.74, 6) is -0.440. The fraction of sp³-hybridized carbons (Fsp3) is 0. The minimum Gasteiger partial charge on any atom is -0.305 e. The maximum atomic E-state index is 13.0. The molecule has 1 heterocycles. The number of rotatable bonds is 2. The fourth-order valence-electron chi connectivity index (χ4n) is 1.19. The van der Waals surface area contributed by atoms with Crippen molar-refractivity contribution in [3.63, 3.8) is 0 Å². The van der Waals surface area contributed by atoms with E-state index >= 15 is 0 Å². The van der Waals surface area contributed by atoms with E-state index in [1.165, 1.54) is 36.8 Å². The zero-order valence-corrected chi connectivity index (χ0v) is 10.1. The Hall–Kier alpha value is -1.82. The smallest absolute Gasteiger partial charge is 0.256 e. The third-order valence-corrected chi connectivity index (χ3v) is 2.59. The Kier molecular flexibility index (Phi) is 3.43. The summed E-state index contributed by atoms with van der Waals surface area (Å²) in [5, 5.41) is 2.55. The van der Waals surface area contributed by atoms with Crippen molar-refractivity contribution in [2.24, 2.45) is 0 Å². The van der Waals surface area contributed by atoms with Gasteiger partial charge in [-0.2, -0.15) is 0 Å². The molecule has 0 saturated carbocycles. The number of hydrogen-bond donors (Lipinski definition) is 1. The molecule has 6 heteroatoms. The second-order valence-electron chi connectivity index (χ2n) is 3.17. The maximum absolute atomic E-state index is 13.0. The first-order valence-corrected chi connectivity index (χ1v) is 5.48. The first-order chi connectivity index (χ1) is 8.16. The number of nitrogens with one attached hydrogen (secondary N) is 1. The van der Waals surface area contributed by atoms with Crippen molar-refractivity contribution in [1.82, 2.24) is 9.97 Å². The lowest BCUT2D eigenvalue weighted by atomic mass is 10.2. The highest BCUT2D eigenvalue weighted by molar-refractivity contribution is 9.10. The lowest BCUT2D eigenvalue weighted by Gasteiger charge is -2.04. The predicted octanol–water partition coefficient (Wildman–Crippen LogP) is 2.63. The minimum atomic E-state index is -0.416. The van der Waals surface area contributed by atoms with Crippen LogP contribution in [0.2, 0.25) is 0 Å². The second kappa shape index (κ2) is 5.01. The number of aromatic nitrogens is 2. The monoisotopic (exact) mass is 295 g/mol. The van der Waals surface area contributed by atoms with E-state index in [1.807, 2.05) is 0 Å². The van der Waals surface area contributed by atoms with E-state index in [4.69, 9.17) is 0 Å². The van der Waals surface area contributed by atoms with Crippen LogP contribution in [0.15, 0.2) is 41.3 Å². The van der Waals surface area contributed by atoms with Gasteiger partial charge in [-0.15, -0.1) is 0 Å². The van der Waals surface area contributed by atoms with Crippen molar-refractivity contribution >= 4 is 27.7 Å². The van der Waals surface area contributed by atoms with Gasteiger partial charge in [-0.1, -0.05) is 0 Å². The van der Waals surface area contributed by atoms with E-state index < -0.39 is 5.82 Å². The number of carbonyl (C=O) groups excluding carboxylic acids is 1. The fourth-order valence-corrected chi connectivity index (χ4v) is 1.57. The Morgan fingerprint density at radius 2 is 2.18 bits per heavy atom. The van der Waals surface area contributed by atoms with E-state index in [1.54, 1.807) is 0 Å². The zero-order chi connectivity index (χ0) is 12.3. The van der Waals surface area contributed by atoms with Crippen LogP contribution in [0.25, 0.3) is 0 Å². The number of amides is 1. The third kappa shape index (κ3) is 2.85. The van der Waals surface area contributed by atoms with Gasteiger partial charge in [0.25, 0.3) is 5.91 Å². The molecule has 0 bridgehead atoms. The predicted molar refractivity (Wildman–Crippen MR) is 64.1 cm³/mol. The second-order valence-corrected chi connectivity index (χ2v) is 4.03. The minimum absolute atomic E-state index is 0.240. The van der Waals surface area contributed by atoms with Crippen LogP contribution in [-0.4, -0.2) is 15.9 Å². The molecule has 2 rings (SSSR count). The number of nitrogens with zero attached hydrogens (tertiary/aromatic N) is 2. The Morgan fingerprint density at radius 3 is 2.82 bits per heavy atom. The number of carbonyl (C=O) groups is 1. The normalized spacial score (nSPS) is 10.0. The third-order valence-electron chi connectivity index (χ3n) is 1.99. The lowest BCUT2D eigenvalue weighted by Crippen LogP contribution is -2.13. The van der Waals surface area contributed by atoms with Crippen LogP contribution in [0.4, 0.5) is 10.2 Å². The van der Waals surface area contributed by atoms with E-state index in [-0.39, 0.29) is 10.4 Å². The van der Waals surface area contributed by atoms with Crippen LogP contribution >= 0.6 is 15.9 Å². The number of hydrogen-bond acceptors (Lipinski definition) is 3. The summed E-state index contributed by atoms with van der Waals surface area (Å²) in [7, 11) is 0. The summed E-state index contributed by atoms with van der Waals surface area (Å²) >= 11 is 3.02. The first-order valence-electron chi connectivity index (χ1n) is 4.69. The molecule has 1 N–H and O–H groups in total. The summed E-state index contributed by atoms with van der Waals surface area (Å²) in [4.78, 5) is 19.5. The summed E-state index contributed by atoms with van der Waals surface area (Å²) in [6.45, 7) is 0. The highest BCUT2D eigenvalue weighted by atomic mass is 79.9. The summed E-state index contributed by atoms with van der Waals surface area (Å²) in [6, 6.07) is 4.02. The van der Waals surface area contributed by atoms with Crippen molar-refractivity contribution in [2.45, 2.75) is 0 Å². The molecule has 0 atom stereocenters. The van der Waals surface area contributed by atoms with E-state index in [0.717, 1.165) is 0 Å². The molecular weight excluding hydrogens is 289 g/mol. The Balaban J connectivity index is 2.18. The molecule has 1 aromatic heterocycles. The van der Waals surface area contributed by atoms with Gasteiger partial charge in [-0.25, -0.2) is 9.37 Å². The molecule has 0 spiro atoms. The van der Waals surface area contributed by atoms with E-state index in [9.17, 15) is 9.18 Å². The molecule has 17 heavy (non-hydrogen) atoms. The molecule has 2 aromatic rings. The van der Waals surface area contributed by atoms with Crippen LogP contribution in [0.3, 0.4) is 0 Å². The zero-order valence-electron chi connectivity index (χ0n) is 8.52. The van der Waals surface area contributed by atoms with Gasteiger partial charge in [0.1, 0.15) is 5.82 Å². The molecule has 0 aliphatic carbocycles. The standard InChI is InChI=1S/C11H7BrFN3O/c12-8-5-7(1-2-9(8)13)11(17)16-10-6-14-3-4-15-10/h1-6H,(H,15,16,17). The van der Waals surface area contributed by atoms with Crippen LogP contribution in [0.5, 0.6) is 0 Å². The first kappa shape index (κ1) is 11.7. The van der Waals surface area contributed by atoms with Gasteiger partial charge >= 0.3 is 0 Å². The van der Waals surface area contributed by atoms with E-state index in [0.29, 0.717) is 11.4 Å². The number of anilines is 1. The van der Waals surface area contributed by atoms with Crippen molar-refractivity contribution in [3.05, 3.63) is 52.6 Å². The molecular formula is C11H7BrFN3O. The number of benzene rings is 1. The topological polar surface area (TPSA) is 54.9 Å². The highest BCUT2D eigenvalue weighted by Crippen LogP contribution is 2.17. The van der Waals surface area contributed by atoms with E-state index in [2.05, 4.69) is 31.2 Å². The van der Waals surface area contributed by atoms with Crippen LogP contribution in [0, 0.1) is 5.82 Å². The molecule has 0 radical (unpaired) electrons. The molecule has 1 amide bonds. The van der Waals surface area contributed by atoms with Crippen LogP contribution in [-0.2, 0) is 0 Å². The molecule has 0 unspecified atom stereocenters. The summed E-state index contributed by atoms with van der Waals surface area (Å²) in [6.07, 6.45) is 4.40. The van der Waals surface area contributed by atoms with Gasteiger partial charge in [0.2, 0.25) is 0 Å². The van der Waals surface area contributed by atoms with Crippen LogP contribution in [0.1, 0.15) is 10.4 Å². The SMILES string of the molecule is O=C(Nc1cnccn1)c1ccc(F)c(Br)c1. The summed E-state index contributed by atoms with van der Waals surface area (Å²) in [5.41, 5.74) is 0.337. The highest BCUT2D eigenvalue weighted by Gasteiger charge is 2.09. The van der Waals surface area contributed by atoms with Crippen LogP contribution < -0.4 is 5.32 Å². The van der Waals surface area contributed by atoms with Gasteiger partial charge in [0, 0.05) is 18.0 Å². The lowest BCUT2D eigenvalue weighted by molar-refractivity contribution is 0.102. The Labute approximate surface area is 105 Å².